The van der Waals surface area contributed by atoms with Crippen LogP contribution in [-0.4, -0.2) is 61.0 Å². The lowest BCUT2D eigenvalue weighted by atomic mass is 10.1. The molecule has 0 spiro atoms. The Balaban J connectivity index is 1.62. The Hall–Kier alpha value is -1.39. The molecule has 1 amide bonds. The summed E-state index contributed by atoms with van der Waals surface area (Å²) in [5.74, 6) is 0.185. The van der Waals surface area contributed by atoms with Gasteiger partial charge in [-0.1, -0.05) is 18.2 Å². The fourth-order valence-corrected chi connectivity index (χ4v) is 2.80. The Kier molecular flexibility index (Phi) is 3.53. The van der Waals surface area contributed by atoms with Crippen molar-refractivity contribution < 1.29 is 4.79 Å². The number of aryl methyl sites for hydroxylation is 1. The van der Waals surface area contributed by atoms with Crippen LogP contribution in [0.4, 0.5) is 0 Å². The maximum Gasteiger partial charge on any atom is 0.254 e. The fraction of sp³-hybridized carbons (Fsp3) is 0.533. The number of carbonyl (C=O) groups excluding carboxylic acids is 1. The summed E-state index contributed by atoms with van der Waals surface area (Å²) in [5.41, 5.74) is 1.92. The van der Waals surface area contributed by atoms with Gasteiger partial charge in [0.25, 0.3) is 5.91 Å². The molecule has 0 aromatic heterocycles. The molecule has 0 radical (unpaired) electrons. The number of benzene rings is 1. The van der Waals surface area contributed by atoms with Crippen LogP contribution < -0.4 is 5.32 Å². The third kappa shape index (κ3) is 2.51. The van der Waals surface area contributed by atoms with Crippen molar-refractivity contribution in [3.8, 4) is 0 Å². The molecular weight excluding hydrogens is 238 g/mol. The molecule has 1 aromatic carbocycles. The van der Waals surface area contributed by atoms with E-state index in [-0.39, 0.29) is 5.91 Å². The van der Waals surface area contributed by atoms with Gasteiger partial charge in [0.1, 0.15) is 0 Å². The molecule has 1 aromatic rings. The number of rotatable bonds is 2. The maximum absolute atomic E-state index is 12.5. The SMILES string of the molecule is Cc1ccccc1C(=O)N1CCN(C2CNC2)CC1. The summed E-state index contributed by atoms with van der Waals surface area (Å²) in [7, 11) is 0. The largest absolute Gasteiger partial charge is 0.336 e. The van der Waals surface area contributed by atoms with Gasteiger partial charge in [0.2, 0.25) is 0 Å². The van der Waals surface area contributed by atoms with Gasteiger partial charge >= 0.3 is 0 Å². The number of nitrogens with zero attached hydrogens (tertiary/aromatic N) is 2. The van der Waals surface area contributed by atoms with Crippen molar-refractivity contribution in [3.05, 3.63) is 35.4 Å². The number of hydrogen-bond acceptors (Lipinski definition) is 3. The molecule has 0 unspecified atom stereocenters. The zero-order chi connectivity index (χ0) is 13.2. The lowest BCUT2D eigenvalue weighted by Gasteiger charge is -2.43. The van der Waals surface area contributed by atoms with Gasteiger partial charge in [-0.2, -0.15) is 0 Å². The standard InChI is InChI=1S/C15H21N3O/c1-12-4-2-3-5-14(12)15(19)18-8-6-17(7-9-18)13-10-16-11-13/h2-5,13,16H,6-11H2,1H3. The summed E-state index contributed by atoms with van der Waals surface area (Å²) >= 11 is 0. The highest BCUT2D eigenvalue weighted by Crippen LogP contribution is 2.14. The van der Waals surface area contributed by atoms with Crippen molar-refractivity contribution in [2.45, 2.75) is 13.0 Å². The van der Waals surface area contributed by atoms with Crippen molar-refractivity contribution in [1.29, 1.82) is 0 Å². The highest BCUT2D eigenvalue weighted by Gasteiger charge is 2.29. The number of hydrogen-bond donors (Lipinski definition) is 1. The normalized spacial score (nSPS) is 21.2. The summed E-state index contributed by atoms with van der Waals surface area (Å²) in [5, 5.41) is 3.30. The average molecular weight is 259 g/mol. The van der Waals surface area contributed by atoms with Crippen LogP contribution in [0.2, 0.25) is 0 Å². The predicted octanol–water partition coefficient (Wildman–Crippen LogP) is 0.725. The van der Waals surface area contributed by atoms with E-state index in [1.165, 1.54) is 0 Å². The molecule has 4 heteroatoms. The molecule has 4 nitrogen and oxygen atoms in total. The Labute approximate surface area is 114 Å². The molecule has 0 atom stereocenters. The van der Waals surface area contributed by atoms with Crippen LogP contribution in [0.15, 0.2) is 24.3 Å². The summed E-state index contributed by atoms with van der Waals surface area (Å²) in [6, 6.07) is 8.55. The molecule has 2 heterocycles. The first-order valence-electron chi connectivity index (χ1n) is 7.05. The van der Waals surface area contributed by atoms with Crippen molar-refractivity contribution in [3.63, 3.8) is 0 Å². The molecule has 2 aliphatic rings. The van der Waals surface area contributed by atoms with Crippen LogP contribution in [0.1, 0.15) is 15.9 Å². The molecule has 2 fully saturated rings. The van der Waals surface area contributed by atoms with Gasteiger partial charge in [-0.05, 0) is 18.6 Å². The minimum absolute atomic E-state index is 0.185. The molecule has 0 bridgehead atoms. The van der Waals surface area contributed by atoms with E-state index >= 15 is 0 Å². The summed E-state index contributed by atoms with van der Waals surface area (Å²) in [6.45, 7) is 7.92. The van der Waals surface area contributed by atoms with E-state index < -0.39 is 0 Å². The number of piperazine rings is 1. The van der Waals surface area contributed by atoms with E-state index in [2.05, 4.69) is 10.2 Å². The highest BCUT2D eigenvalue weighted by molar-refractivity contribution is 5.95. The Morgan fingerprint density at radius 3 is 2.42 bits per heavy atom. The quantitative estimate of drug-likeness (QED) is 0.850. The number of carbonyl (C=O) groups is 1. The Morgan fingerprint density at radius 2 is 1.84 bits per heavy atom. The van der Waals surface area contributed by atoms with E-state index in [0.717, 1.165) is 50.4 Å². The molecule has 102 valence electrons. The summed E-state index contributed by atoms with van der Waals surface area (Å²) < 4.78 is 0. The van der Waals surface area contributed by atoms with Crippen molar-refractivity contribution >= 4 is 5.91 Å². The van der Waals surface area contributed by atoms with Crippen LogP contribution in [0.25, 0.3) is 0 Å². The average Bonchev–Trinajstić information content (AvgIpc) is 2.37. The van der Waals surface area contributed by atoms with E-state index in [4.69, 9.17) is 0 Å². The van der Waals surface area contributed by atoms with E-state index in [0.29, 0.717) is 6.04 Å². The molecule has 2 saturated heterocycles. The predicted molar refractivity (Wildman–Crippen MR) is 75.3 cm³/mol. The van der Waals surface area contributed by atoms with Gasteiger partial charge in [-0.3, -0.25) is 9.69 Å². The third-order valence-electron chi connectivity index (χ3n) is 4.25. The second-order valence-electron chi connectivity index (χ2n) is 5.46. The Morgan fingerprint density at radius 1 is 1.16 bits per heavy atom. The summed E-state index contributed by atoms with van der Waals surface area (Å²) in [4.78, 5) is 17.0. The van der Waals surface area contributed by atoms with Gasteiger partial charge in [0, 0.05) is 50.9 Å². The van der Waals surface area contributed by atoms with Crippen LogP contribution in [0.5, 0.6) is 0 Å². The molecule has 3 rings (SSSR count). The van der Waals surface area contributed by atoms with E-state index in [1.54, 1.807) is 0 Å². The number of amides is 1. The van der Waals surface area contributed by atoms with Crippen LogP contribution >= 0.6 is 0 Å². The second kappa shape index (κ2) is 5.31. The molecule has 0 aliphatic carbocycles. The first-order chi connectivity index (χ1) is 9.25. The highest BCUT2D eigenvalue weighted by atomic mass is 16.2. The fourth-order valence-electron chi connectivity index (χ4n) is 2.80. The topological polar surface area (TPSA) is 35.6 Å². The summed E-state index contributed by atoms with van der Waals surface area (Å²) in [6.07, 6.45) is 0. The Bertz CT molecular complexity index is 462. The zero-order valence-corrected chi connectivity index (χ0v) is 11.4. The lowest BCUT2D eigenvalue weighted by molar-refractivity contribution is 0.0501. The first kappa shape index (κ1) is 12.6. The van der Waals surface area contributed by atoms with Gasteiger partial charge in [-0.15, -0.1) is 0 Å². The lowest BCUT2D eigenvalue weighted by Crippen LogP contribution is -2.62. The zero-order valence-electron chi connectivity index (χ0n) is 11.4. The number of nitrogens with one attached hydrogen (secondary N) is 1. The molecular formula is C15H21N3O. The van der Waals surface area contributed by atoms with Gasteiger partial charge < -0.3 is 10.2 Å². The molecule has 1 N–H and O–H groups in total. The second-order valence-corrected chi connectivity index (χ2v) is 5.46. The monoisotopic (exact) mass is 259 g/mol. The first-order valence-corrected chi connectivity index (χ1v) is 7.05. The van der Waals surface area contributed by atoms with Crippen LogP contribution in [-0.2, 0) is 0 Å². The van der Waals surface area contributed by atoms with Gasteiger partial charge in [0.15, 0.2) is 0 Å². The van der Waals surface area contributed by atoms with Crippen LogP contribution in [0.3, 0.4) is 0 Å². The third-order valence-corrected chi connectivity index (χ3v) is 4.25. The van der Waals surface area contributed by atoms with Gasteiger partial charge in [0.05, 0.1) is 0 Å². The van der Waals surface area contributed by atoms with Crippen molar-refractivity contribution in [2.24, 2.45) is 0 Å². The van der Waals surface area contributed by atoms with Crippen LogP contribution in [0, 0.1) is 6.92 Å². The van der Waals surface area contributed by atoms with E-state index in [1.807, 2.05) is 36.1 Å². The minimum atomic E-state index is 0.185. The maximum atomic E-state index is 12.5. The molecule has 0 saturated carbocycles. The smallest absolute Gasteiger partial charge is 0.254 e. The van der Waals surface area contributed by atoms with Crippen molar-refractivity contribution in [2.75, 3.05) is 39.3 Å². The minimum Gasteiger partial charge on any atom is -0.336 e. The molecule has 19 heavy (non-hydrogen) atoms. The van der Waals surface area contributed by atoms with E-state index in [9.17, 15) is 4.79 Å². The van der Waals surface area contributed by atoms with Gasteiger partial charge in [-0.25, -0.2) is 0 Å². The molecule has 2 aliphatic heterocycles. The van der Waals surface area contributed by atoms with Crippen molar-refractivity contribution in [1.82, 2.24) is 15.1 Å².